The minimum Gasteiger partial charge on any atom is -1.00 e. The van der Waals surface area contributed by atoms with Crippen LogP contribution in [0, 0.1) is 0 Å². The maximum absolute atomic E-state index is 12.3. The predicted octanol–water partition coefficient (Wildman–Crippen LogP) is -5.57. The average Bonchev–Trinajstić information content (AvgIpc) is 3.33. The van der Waals surface area contributed by atoms with Gasteiger partial charge in [0.2, 0.25) is 5.95 Å². The van der Waals surface area contributed by atoms with Crippen molar-refractivity contribution < 1.29 is 96.5 Å². The summed E-state index contributed by atoms with van der Waals surface area (Å²) in [5, 5.41) is 29.0. The summed E-state index contributed by atoms with van der Waals surface area (Å²) < 4.78 is 0. The number of aromatic amines is 2. The number of carbonyl (C=O) groups excluding carboxylic acids is 1. The fourth-order valence-corrected chi connectivity index (χ4v) is 3.82. The van der Waals surface area contributed by atoms with Crippen molar-refractivity contribution in [1.82, 2.24) is 20.3 Å². The van der Waals surface area contributed by atoms with Crippen LogP contribution in [-0.2, 0) is 27.2 Å². The molecular formula is C26H37N7Na2O8. The Balaban J connectivity index is -0.00000110. The van der Waals surface area contributed by atoms with E-state index in [9.17, 15) is 24.0 Å². The molecule has 12 N–H and O–H groups in total. The largest absolute Gasteiger partial charge is 1.00 e. The molecule has 3 rings (SSSR count). The number of carboxylic acid groups (broad SMARTS) is 3. The number of carbonyl (C=O) groups is 4. The zero-order chi connectivity index (χ0) is 30.5. The monoisotopic (exact) mass is 621 g/mol. The Morgan fingerprint density at radius 1 is 0.977 bits per heavy atom. The zero-order valence-electron chi connectivity index (χ0n) is 26.3. The molecule has 0 aliphatic heterocycles. The van der Waals surface area contributed by atoms with E-state index in [0.29, 0.717) is 36.8 Å². The second-order valence-corrected chi connectivity index (χ2v) is 9.21. The smallest absolute Gasteiger partial charge is 1.00 e. The topological polar surface area (TPSA) is 281 Å². The molecule has 3 aromatic rings. The normalized spacial score (nSPS) is 11.6. The number of aliphatic carboxylic acids is 3. The van der Waals surface area contributed by atoms with Crippen LogP contribution < -0.4 is 87.2 Å². The maximum Gasteiger partial charge on any atom is 1.00 e. The van der Waals surface area contributed by atoms with Gasteiger partial charge in [-0.15, -0.1) is 0 Å². The first-order valence-electron chi connectivity index (χ1n) is 12.8. The Bertz CT molecular complexity index is 1420. The third-order valence-electron chi connectivity index (χ3n) is 6.08. The van der Waals surface area contributed by atoms with Gasteiger partial charge in [0.25, 0.3) is 11.5 Å². The minimum absolute atomic E-state index is 0. The van der Waals surface area contributed by atoms with E-state index in [1.54, 1.807) is 30.5 Å². The van der Waals surface area contributed by atoms with Crippen LogP contribution in [0.3, 0.4) is 0 Å². The second kappa shape index (κ2) is 20.2. The number of benzene rings is 1. The van der Waals surface area contributed by atoms with Crippen molar-refractivity contribution in [2.24, 2.45) is 11.5 Å². The number of hydrogen-bond acceptors (Lipinski definition) is 9. The zero-order valence-corrected chi connectivity index (χ0v) is 28.3. The molecule has 0 radical (unpaired) electrons. The first kappa shape index (κ1) is 40.2. The number of nitrogens with one attached hydrogen (secondary N) is 3. The van der Waals surface area contributed by atoms with Crippen LogP contribution in [0.1, 0.15) is 56.4 Å². The summed E-state index contributed by atoms with van der Waals surface area (Å²) in [4.78, 5) is 65.8. The van der Waals surface area contributed by atoms with Gasteiger partial charge in [0.1, 0.15) is 17.7 Å². The fraction of sp³-hybridized carbons (Fsp3) is 0.385. The molecule has 1 aromatic carbocycles. The van der Waals surface area contributed by atoms with E-state index < -0.39 is 35.9 Å². The van der Waals surface area contributed by atoms with E-state index in [4.69, 9.17) is 32.5 Å². The number of hydrogen-bond donors (Lipinski definition) is 9. The van der Waals surface area contributed by atoms with E-state index in [2.05, 4.69) is 20.3 Å². The number of anilines is 1. The van der Waals surface area contributed by atoms with Crippen molar-refractivity contribution in [1.29, 1.82) is 0 Å². The molecule has 0 fully saturated rings. The van der Waals surface area contributed by atoms with Gasteiger partial charge in [0.05, 0.1) is 5.39 Å². The third-order valence-corrected chi connectivity index (χ3v) is 6.08. The molecule has 1 amide bonds. The van der Waals surface area contributed by atoms with Gasteiger partial charge in [-0.25, -0.2) is 4.79 Å². The van der Waals surface area contributed by atoms with Gasteiger partial charge in [-0.1, -0.05) is 18.6 Å². The van der Waals surface area contributed by atoms with E-state index in [1.165, 1.54) is 0 Å². The molecule has 0 saturated carbocycles. The van der Waals surface area contributed by atoms with Crippen LogP contribution in [0.4, 0.5) is 5.95 Å². The molecule has 2 atom stereocenters. The van der Waals surface area contributed by atoms with Crippen LogP contribution >= 0.6 is 0 Å². The van der Waals surface area contributed by atoms with Gasteiger partial charge < -0.3 is 45.7 Å². The summed E-state index contributed by atoms with van der Waals surface area (Å²) in [6, 6.07) is 4.59. The van der Waals surface area contributed by atoms with Crippen molar-refractivity contribution in [2.45, 2.75) is 57.0 Å². The summed E-state index contributed by atoms with van der Waals surface area (Å²) >= 11 is 0. The van der Waals surface area contributed by atoms with Crippen LogP contribution in [0.5, 0.6) is 0 Å². The van der Waals surface area contributed by atoms with Gasteiger partial charge in [0, 0.05) is 18.2 Å². The van der Waals surface area contributed by atoms with Crippen LogP contribution in [0.15, 0.2) is 35.3 Å². The van der Waals surface area contributed by atoms with Crippen molar-refractivity contribution in [3.63, 3.8) is 0 Å². The van der Waals surface area contributed by atoms with Crippen LogP contribution in [-0.4, -0.2) is 72.7 Å². The van der Waals surface area contributed by atoms with Crippen molar-refractivity contribution in [2.75, 3.05) is 12.3 Å². The number of nitrogen functional groups attached to an aromatic ring is 1. The Labute approximate surface area is 293 Å². The number of H-pyrrole nitrogens is 2. The molecule has 2 aromatic heterocycles. The number of fused-ring (bicyclic) bond motifs is 1. The molecular weight excluding hydrogens is 584 g/mol. The number of amides is 1. The Kier molecular flexibility index (Phi) is 18.9. The molecule has 0 aliphatic rings. The number of unbranched alkanes of at least 4 members (excludes halogenated alkanes) is 1. The molecule has 0 aliphatic carbocycles. The van der Waals surface area contributed by atoms with Gasteiger partial charge in [0.15, 0.2) is 0 Å². The van der Waals surface area contributed by atoms with Crippen molar-refractivity contribution >= 4 is 40.8 Å². The molecule has 17 heteroatoms. The molecule has 43 heavy (non-hydrogen) atoms. The van der Waals surface area contributed by atoms with Crippen LogP contribution in [0.25, 0.3) is 11.0 Å². The van der Waals surface area contributed by atoms with E-state index >= 15 is 0 Å². The quantitative estimate of drug-likeness (QED) is 0.0602. The fourth-order valence-electron chi connectivity index (χ4n) is 3.82. The molecule has 0 saturated heterocycles. The summed E-state index contributed by atoms with van der Waals surface area (Å²) in [6.07, 6.45) is 4.44. The molecule has 0 bridgehead atoms. The van der Waals surface area contributed by atoms with Gasteiger partial charge in [-0.2, -0.15) is 4.98 Å². The number of nitrogens with two attached hydrogens (primary N) is 3. The summed E-state index contributed by atoms with van der Waals surface area (Å²) in [5.74, 6) is -3.93. The molecule has 0 spiro atoms. The summed E-state index contributed by atoms with van der Waals surface area (Å²) in [6.45, 7) is 0.604. The molecule has 15 nitrogen and oxygen atoms in total. The number of aryl methyl sites for hydroxylation is 2. The summed E-state index contributed by atoms with van der Waals surface area (Å²) in [7, 11) is 0. The summed E-state index contributed by atoms with van der Waals surface area (Å²) in [5.41, 5.74) is 18.0. The Morgan fingerprint density at radius 2 is 1.63 bits per heavy atom. The SMILES string of the molecule is NCCCCC(N)C(=O)O.Nc1nc2[nH]cc(CCc3ccc(C(=O)N[C@@H](CCC(=O)O)C(=O)O)cc3)c2c(=O)[nH]1.[H-].[H-].[Na+].[Na+]. The number of carboxylic acids is 3. The molecule has 2 heterocycles. The van der Waals surface area contributed by atoms with Gasteiger partial charge in [-0.3, -0.25) is 24.2 Å². The minimum atomic E-state index is -1.30. The first-order chi connectivity index (χ1) is 19.4. The maximum atomic E-state index is 12.3. The first-order valence-corrected chi connectivity index (χ1v) is 12.8. The standard InChI is InChI=1S/C20H21N5O6.C6H14N2O2.2Na.2H/c21-20-24-16-15(18(29)25-20)12(9-22-16)6-3-10-1-4-11(5-2-10)17(28)23-13(19(30)31)7-8-14(26)27;7-4-2-1-3-5(8)6(9)10;;;;/h1-2,4-5,9,13H,3,6-8H2,(H,23,28)(H,26,27)(H,30,31)(H4,21,22,24,25,29);5H,1-4,7-8H2,(H,9,10);;;;/q;;2*+1;2*-1/t13-;;;;;/m0...../s1. The Morgan fingerprint density at radius 3 is 2.19 bits per heavy atom. The third kappa shape index (κ3) is 13.6. The number of aromatic nitrogens is 3. The van der Waals surface area contributed by atoms with E-state index in [-0.39, 0.29) is 91.9 Å². The van der Waals surface area contributed by atoms with Gasteiger partial charge in [-0.05, 0) is 61.9 Å². The van der Waals surface area contributed by atoms with Gasteiger partial charge >= 0.3 is 77.0 Å². The van der Waals surface area contributed by atoms with Crippen molar-refractivity contribution in [3.8, 4) is 0 Å². The number of nitrogens with zero attached hydrogens (tertiary/aromatic N) is 1. The number of rotatable bonds is 14. The average molecular weight is 622 g/mol. The van der Waals surface area contributed by atoms with Crippen LogP contribution in [0.2, 0.25) is 0 Å². The van der Waals surface area contributed by atoms with E-state index in [0.717, 1.165) is 24.0 Å². The Hall–Kier alpha value is -2.76. The molecule has 1 unspecified atom stereocenters. The molecule has 226 valence electrons. The predicted molar refractivity (Wildman–Crippen MR) is 151 cm³/mol. The second-order valence-electron chi connectivity index (χ2n) is 9.21. The van der Waals surface area contributed by atoms with E-state index in [1.807, 2.05) is 0 Å². The van der Waals surface area contributed by atoms with Crippen molar-refractivity contribution in [3.05, 3.63) is 57.5 Å².